The molecule has 2 fully saturated rings. The molecule has 1 aromatic rings. The normalized spacial score (nSPS) is 24.4. The van der Waals surface area contributed by atoms with Gasteiger partial charge in [0.05, 0.1) is 12.2 Å². The number of rotatable bonds is 2. The Kier molecular flexibility index (Phi) is 5.78. The number of benzene rings is 1. The number of morpholine rings is 1. The maximum Gasteiger partial charge on any atom is 0.313 e. The number of carbonyl (C=O) groups is 2. The van der Waals surface area contributed by atoms with E-state index in [0.29, 0.717) is 18.8 Å². The van der Waals surface area contributed by atoms with Crippen LogP contribution in [0.3, 0.4) is 0 Å². The minimum Gasteiger partial charge on any atom is -0.372 e. The van der Waals surface area contributed by atoms with Crippen LogP contribution in [0.1, 0.15) is 13.8 Å². The Balaban J connectivity index is 1.56. The average molecular weight is 360 g/mol. The average Bonchev–Trinajstić information content (AvgIpc) is 2.61. The van der Waals surface area contributed by atoms with Crippen LogP contribution in [0, 0.1) is 0 Å². The molecule has 0 saturated carbocycles. The Labute approximate surface area is 154 Å². The van der Waals surface area contributed by atoms with Crippen LogP contribution in [0.2, 0.25) is 0 Å². The molecule has 0 radical (unpaired) electrons. The predicted molar refractivity (Wildman–Crippen MR) is 101 cm³/mol. The van der Waals surface area contributed by atoms with E-state index in [9.17, 15) is 9.59 Å². The molecular formula is C19H28N4O3. The molecule has 2 amide bonds. The fraction of sp³-hybridized carbons (Fsp3) is 0.579. The van der Waals surface area contributed by atoms with E-state index in [0.717, 1.165) is 31.9 Å². The summed E-state index contributed by atoms with van der Waals surface area (Å²) in [7, 11) is 2.13. The van der Waals surface area contributed by atoms with Gasteiger partial charge >= 0.3 is 11.8 Å². The van der Waals surface area contributed by atoms with Gasteiger partial charge in [-0.25, -0.2) is 0 Å². The van der Waals surface area contributed by atoms with Crippen molar-refractivity contribution < 1.29 is 14.3 Å². The fourth-order valence-corrected chi connectivity index (χ4v) is 3.49. The van der Waals surface area contributed by atoms with Crippen molar-refractivity contribution in [3.8, 4) is 0 Å². The fourth-order valence-electron chi connectivity index (χ4n) is 3.49. The number of nitrogens with zero attached hydrogens (tertiary/aromatic N) is 3. The molecule has 7 nitrogen and oxygen atoms in total. The minimum atomic E-state index is -0.598. The third kappa shape index (κ3) is 4.53. The van der Waals surface area contributed by atoms with Crippen LogP contribution in [0.4, 0.5) is 11.4 Å². The van der Waals surface area contributed by atoms with Crippen molar-refractivity contribution in [1.82, 2.24) is 9.80 Å². The lowest BCUT2D eigenvalue weighted by molar-refractivity contribution is -0.151. The molecule has 0 spiro atoms. The van der Waals surface area contributed by atoms with Gasteiger partial charge in [0.25, 0.3) is 0 Å². The van der Waals surface area contributed by atoms with Gasteiger partial charge in [-0.05, 0) is 45.2 Å². The number of anilines is 2. The largest absolute Gasteiger partial charge is 0.372 e. The van der Waals surface area contributed by atoms with Gasteiger partial charge in [-0.15, -0.1) is 0 Å². The van der Waals surface area contributed by atoms with Crippen molar-refractivity contribution in [1.29, 1.82) is 0 Å². The van der Waals surface area contributed by atoms with Crippen LogP contribution < -0.4 is 10.2 Å². The van der Waals surface area contributed by atoms with Gasteiger partial charge < -0.3 is 24.8 Å². The standard InChI is InChI=1S/C19H28N4O3/c1-14-12-23(13-15(2)26-14)19(25)18(24)20-16-4-6-17(7-5-16)22-10-8-21(3)9-11-22/h4-7,14-15H,8-13H2,1-3H3,(H,20,24). The van der Waals surface area contributed by atoms with E-state index in [1.54, 1.807) is 4.90 Å². The maximum absolute atomic E-state index is 12.4. The smallest absolute Gasteiger partial charge is 0.313 e. The number of likely N-dealkylation sites (N-methyl/N-ethyl adjacent to an activating group) is 1. The summed E-state index contributed by atoms with van der Waals surface area (Å²) in [5, 5.41) is 2.71. The summed E-state index contributed by atoms with van der Waals surface area (Å²) in [5.74, 6) is -1.10. The lowest BCUT2D eigenvalue weighted by atomic mass is 10.2. The lowest BCUT2D eigenvalue weighted by Gasteiger charge is -2.34. The number of piperazine rings is 1. The zero-order valence-corrected chi connectivity index (χ0v) is 15.8. The Bertz CT molecular complexity index is 631. The minimum absolute atomic E-state index is 0.0571. The Morgan fingerprint density at radius 1 is 1.00 bits per heavy atom. The number of hydrogen-bond acceptors (Lipinski definition) is 5. The van der Waals surface area contributed by atoms with E-state index < -0.39 is 11.8 Å². The first-order valence-corrected chi connectivity index (χ1v) is 9.21. The Hall–Kier alpha value is -2.12. The molecule has 0 aliphatic carbocycles. The van der Waals surface area contributed by atoms with Gasteiger partial charge in [-0.1, -0.05) is 0 Å². The monoisotopic (exact) mass is 360 g/mol. The van der Waals surface area contributed by atoms with Gasteiger partial charge in [0.2, 0.25) is 0 Å². The van der Waals surface area contributed by atoms with Gasteiger partial charge in [-0.2, -0.15) is 0 Å². The van der Waals surface area contributed by atoms with Crippen molar-refractivity contribution in [3.05, 3.63) is 24.3 Å². The van der Waals surface area contributed by atoms with Crippen LogP contribution >= 0.6 is 0 Å². The molecule has 3 rings (SSSR count). The lowest BCUT2D eigenvalue weighted by Crippen LogP contribution is -2.51. The van der Waals surface area contributed by atoms with Crippen LogP contribution in [0.5, 0.6) is 0 Å². The topological polar surface area (TPSA) is 65.1 Å². The summed E-state index contributed by atoms with van der Waals surface area (Å²) in [5.41, 5.74) is 1.77. The van der Waals surface area contributed by atoms with Gasteiger partial charge in [0.1, 0.15) is 0 Å². The highest BCUT2D eigenvalue weighted by Gasteiger charge is 2.29. The second kappa shape index (κ2) is 8.05. The van der Waals surface area contributed by atoms with Gasteiger partial charge in [0.15, 0.2) is 0 Å². The third-order valence-corrected chi connectivity index (χ3v) is 4.89. The molecule has 1 N–H and O–H groups in total. The van der Waals surface area contributed by atoms with E-state index in [2.05, 4.69) is 22.2 Å². The van der Waals surface area contributed by atoms with E-state index in [4.69, 9.17) is 4.74 Å². The molecule has 7 heteroatoms. The van der Waals surface area contributed by atoms with Crippen molar-refractivity contribution >= 4 is 23.2 Å². The SMILES string of the molecule is CC1CN(C(=O)C(=O)Nc2ccc(N3CCN(C)CC3)cc2)CC(C)O1. The van der Waals surface area contributed by atoms with E-state index in [-0.39, 0.29) is 12.2 Å². The summed E-state index contributed by atoms with van der Waals surface area (Å²) in [4.78, 5) is 30.9. The zero-order chi connectivity index (χ0) is 18.7. The first-order chi connectivity index (χ1) is 12.4. The highest BCUT2D eigenvalue weighted by molar-refractivity contribution is 6.39. The number of hydrogen-bond donors (Lipinski definition) is 1. The first kappa shape index (κ1) is 18.7. The number of carbonyl (C=O) groups excluding carboxylic acids is 2. The summed E-state index contributed by atoms with van der Waals surface area (Å²) in [6.07, 6.45) is -0.114. The van der Waals surface area contributed by atoms with Crippen LogP contribution in [-0.4, -0.2) is 80.1 Å². The Morgan fingerprint density at radius 3 is 2.15 bits per heavy atom. The van der Waals surface area contributed by atoms with E-state index in [1.807, 2.05) is 38.1 Å². The van der Waals surface area contributed by atoms with Crippen LogP contribution in [0.15, 0.2) is 24.3 Å². The predicted octanol–water partition coefficient (Wildman–Crippen LogP) is 1.01. The molecule has 2 saturated heterocycles. The summed E-state index contributed by atoms with van der Waals surface area (Å²) in [6.45, 7) is 8.78. The molecule has 2 atom stereocenters. The number of amides is 2. The quantitative estimate of drug-likeness (QED) is 0.798. The molecule has 26 heavy (non-hydrogen) atoms. The molecule has 2 aliphatic heterocycles. The maximum atomic E-state index is 12.4. The third-order valence-electron chi connectivity index (χ3n) is 4.89. The summed E-state index contributed by atoms with van der Waals surface area (Å²) >= 11 is 0. The second-order valence-corrected chi connectivity index (χ2v) is 7.26. The Morgan fingerprint density at radius 2 is 1.58 bits per heavy atom. The van der Waals surface area contributed by atoms with Crippen LogP contribution in [-0.2, 0) is 14.3 Å². The van der Waals surface area contributed by atoms with Crippen molar-refractivity contribution in [2.75, 3.05) is 56.5 Å². The van der Waals surface area contributed by atoms with Crippen molar-refractivity contribution in [2.24, 2.45) is 0 Å². The highest BCUT2D eigenvalue weighted by Crippen LogP contribution is 2.19. The zero-order valence-electron chi connectivity index (χ0n) is 15.8. The van der Waals surface area contributed by atoms with Crippen LogP contribution in [0.25, 0.3) is 0 Å². The highest BCUT2D eigenvalue weighted by atomic mass is 16.5. The number of ether oxygens (including phenoxy) is 1. The molecule has 2 unspecified atom stereocenters. The van der Waals surface area contributed by atoms with Gasteiger partial charge in [-0.3, -0.25) is 9.59 Å². The molecular weight excluding hydrogens is 332 g/mol. The van der Waals surface area contributed by atoms with Crippen molar-refractivity contribution in [2.45, 2.75) is 26.1 Å². The molecule has 0 bridgehead atoms. The first-order valence-electron chi connectivity index (χ1n) is 9.21. The summed E-state index contributed by atoms with van der Waals surface area (Å²) < 4.78 is 5.61. The van der Waals surface area contributed by atoms with E-state index in [1.165, 1.54) is 0 Å². The molecule has 1 aromatic carbocycles. The molecule has 2 heterocycles. The molecule has 142 valence electrons. The molecule has 2 aliphatic rings. The molecule has 0 aromatic heterocycles. The van der Waals surface area contributed by atoms with Crippen molar-refractivity contribution in [3.63, 3.8) is 0 Å². The van der Waals surface area contributed by atoms with Gasteiger partial charge in [0, 0.05) is 50.6 Å². The second-order valence-electron chi connectivity index (χ2n) is 7.26. The summed E-state index contributed by atoms with van der Waals surface area (Å²) in [6, 6.07) is 7.68. The van der Waals surface area contributed by atoms with E-state index >= 15 is 0 Å². The number of nitrogens with one attached hydrogen (secondary N) is 1.